The summed E-state index contributed by atoms with van der Waals surface area (Å²) >= 11 is 0. The van der Waals surface area contributed by atoms with E-state index < -0.39 is 5.91 Å². The van der Waals surface area contributed by atoms with Crippen LogP contribution in [0.25, 0.3) is 0 Å². The highest BCUT2D eigenvalue weighted by Crippen LogP contribution is 2.17. The number of hydrazone groups is 1. The zero-order valence-electron chi connectivity index (χ0n) is 16.2. The van der Waals surface area contributed by atoms with E-state index in [0.29, 0.717) is 22.6 Å². The maximum atomic E-state index is 12.5. The van der Waals surface area contributed by atoms with Gasteiger partial charge in [0.1, 0.15) is 5.75 Å². The predicted octanol–water partition coefficient (Wildman–Crippen LogP) is 4.02. The first kappa shape index (κ1) is 19.8. The average molecular weight is 387 g/mol. The summed E-state index contributed by atoms with van der Waals surface area (Å²) in [6, 6.07) is 21.2. The second kappa shape index (κ2) is 9.32. The lowest BCUT2D eigenvalue weighted by Crippen LogP contribution is -2.21. The molecule has 3 aromatic carbocycles. The number of aryl methyl sites for hydroxylation is 1. The number of rotatable bonds is 6. The van der Waals surface area contributed by atoms with Crippen molar-refractivity contribution < 1.29 is 14.3 Å². The van der Waals surface area contributed by atoms with Crippen LogP contribution in [0.1, 0.15) is 31.8 Å². The molecule has 0 saturated carbocycles. The Morgan fingerprint density at radius 1 is 0.897 bits per heavy atom. The largest absolute Gasteiger partial charge is 0.497 e. The molecule has 0 bridgehead atoms. The highest BCUT2D eigenvalue weighted by Gasteiger charge is 2.13. The lowest BCUT2D eigenvalue weighted by Gasteiger charge is -2.10. The van der Waals surface area contributed by atoms with Gasteiger partial charge in [0, 0.05) is 5.56 Å². The number of ether oxygens (including phenoxy) is 1. The van der Waals surface area contributed by atoms with Crippen LogP contribution in [0, 0.1) is 6.92 Å². The number of hydrogen-bond acceptors (Lipinski definition) is 4. The van der Waals surface area contributed by atoms with Gasteiger partial charge in [-0.1, -0.05) is 42.0 Å². The fourth-order valence-electron chi connectivity index (χ4n) is 2.61. The first-order valence-corrected chi connectivity index (χ1v) is 9.01. The molecule has 29 heavy (non-hydrogen) atoms. The third-order valence-electron chi connectivity index (χ3n) is 4.23. The summed E-state index contributed by atoms with van der Waals surface area (Å²) in [6.07, 6.45) is 1.57. The minimum Gasteiger partial charge on any atom is -0.497 e. The van der Waals surface area contributed by atoms with E-state index >= 15 is 0 Å². The fourth-order valence-corrected chi connectivity index (χ4v) is 2.61. The number of nitrogens with zero attached hydrogens (tertiary/aromatic N) is 1. The van der Waals surface area contributed by atoms with Crippen molar-refractivity contribution in [1.29, 1.82) is 0 Å². The van der Waals surface area contributed by atoms with Gasteiger partial charge in [-0.3, -0.25) is 9.59 Å². The molecule has 0 aliphatic rings. The molecular formula is C23H21N3O3. The molecule has 2 amide bonds. The maximum Gasteiger partial charge on any atom is 0.273 e. The van der Waals surface area contributed by atoms with Gasteiger partial charge in [0.05, 0.1) is 24.6 Å². The Hall–Kier alpha value is -3.93. The summed E-state index contributed by atoms with van der Waals surface area (Å²) in [7, 11) is 1.56. The van der Waals surface area contributed by atoms with Gasteiger partial charge < -0.3 is 10.1 Å². The summed E-state index contributed by atoms with van der Waals surface area (Å²) < 4.78 is 5.09. The van der Waals surface area contributed by atoms with Crippen molar-refractivity contribution in [3.8, 4) is 5.75 Å². The van der Waals surface area contributed by atoms with E-state index in [2.05, 4.69) is 15.8 Å². The van der Waals surface area contributed by atoms with Gasteiger partial charge in [0.25, 0.3) is 11.8 Å². The molecule has 0 atom stereocenters. The second-order valence-corrected chi connectivity index (χ2v) is 6.34. The lowest BCUT2D eigenvalue weighted by atomic mass is 10.1. The normalized spacial score (nSPS) is 10.6. The van der Waals surface area contributed by atoms with Crippen molar-refractivity contribution in [2.24, 2.45) is 5.10 Å². The van der Waals surface area contributed by atoms with E-state index in [-0.39, 0.29) is 5.91 Å². The van der Waals surface area contributed by atoms with Crippen LogP contribution in [0.5, 0.6) is 5.75 Å². The average Bonchev–Trinajstić information content (AvgIpc) is 2.75. The first-order chi connectivity index (χ1) is 14.1. The van der Waals surface area contributed by atoms with Crippen LogP contribution in [0.4, 0.5) is 5.69 Å². The van der Waals surface area contributed by atoms with Crippen LogP contribution in [-0.2, 0) is 0 Å². The number of hydrogen-bond donors (Lipinski definition) is 2. The molecule has 146 valence electrons. The van der Waals surface area contributed by atoms with Crippen molar-refractivity contribution in [2.45, 2.75) is 6.92 Å². The third kappa shape index (κ3) is 5.29. The van der Waals surface area contributed by atoms with Crippen LogP contribution < -0.4 is 15.5 Å². The summed E-state index contributed by atoms with van der Waals surface area (Å²) in [5, 5.41) is 6.76. The van der Waals surface area contributed by atoms with Crippen molar-refractivity contribution in [3.63, 3.8) is 0 Å². The standard InChI is InChI=1S/C23H21N3O3/c1-16-7-9-17(10-8-16)15-24-26-23(28)20-5-3-4-6-21(20)25-22(27)18-11-13-19(29-2)14-12-18/h3-15H,1-2H3,(H,25,27)(H,26,28)/b24-15-. The van der Waals surface area contributed by atoms with Gasteiger partial charge in [0.15, 0.2) is 0 Å². The molecule has 3 aromatic rings. The molecule has 3 rings (SSSR count). The molecule has 2 N–H and O–H groups in total. The monoisotopic (exact) mass is 387 g/mol. The molecular weight excluding hydrogens is 366 g/mol. The van der Waals surface area contributed by atoms with Gasteiger partial charge in [-0.05, 0) is 48.9 Å². The number of amides is 2. The van der Waals surface area contributed by atoms with E-state index in [9.17, 15) is 9.59 Å². The predicted molar refractivity (Wildman–Crippen MR) is 114 cm³/mol. The second-order valence-electron chi connectivity index (χ2n) is 6.34. The third-order valence-corrected chi connectivity index (χ3v) is 4.23. The van der Waals surface area contributed by atoms with Gasteiger partial charge in [0.2, 0.25) is 0 Å². The first-order valence-electron chi connectivity index (χ1n) is 9.01. The van der Waals surface area contributed by atoms with Crippen molar-refractivity contribution >= 4 is 23.7 Å². The molecule has 0 heterocycles. The fraction of sp³-hybridized carbons (Fsp3) is 0.0870. The van der Waals surface area contributed by atoms with Crippen molar-refractivity contribution in [1.82, 2.24) is 5.43 Å². The zero-order valence-corrected chi connectivity index (χ0v) is 16.2. The highest BCUT2D eigenvalue weighted by atomic mass is 16.5. The number of nitrogens with one attached hydrogen (secondary N) is 2. The van der Waals surface area contributed by atoms with Crippen LogP contribution in [0.15, 0.2) is 77.9 Å². The van der Waals surface area contributed by atoms with Gasteiger partial charge in [-0.25, -0.2) is 5.43 Å². The number of methoxy groups -OCH3 is 1. The topological polar surface area (TPSA) is 79.8 Å². The smallest absolute Gasteiger partial charge is 0.273 e. The Kier molecular flexibility index (Phi) is 6.37. The number of para-hydroxylation sites is 1. The molecule has 0 fully saturated rings. The van der Waals surface area contributed by atoms with Crippen molar-refractivity contribution in [3.05, 3.63) is 95.1 Å². The van der Waals surface area contributed by atoms with Crippen LogP contribution in [0.3, 0.4) is 0 Å². The van der Waals surface area contributed by atoms with E-state index in [0.717, 1.165) is 11.1 Å². The summed E-state index contributed by atoms with van der Waals surface area (Å²) in [5.74, 6) is -0.0807. The zero-order chi connectivity index (χ0) is 20.6. The van der Waals surface area contributed by atoms with E-state index in [4.69, 9.17) is 4.74 Å². The Morgan fingerprint density at radius 3 is 2.28 bits per heavy atom. The molecule has 0 spiro atoms. The molecule has 6 heteroatoms. The van der Waals surface area contributed by atoms with Gasteiger partial charge in [-0.2, -0.15) is 5.10 Å². The minimum atomic E-state index is -0.418. The quantitative estimate of drug-likeness (QED) is 0.495. The Balaban J connectivity index is 1.69. The molecule has 0 radical (unpaired) electrons. The molecule has 0 saturated heterocycles. The van der Waals surface area contributed by atoms with E-state index in [1.165, 1.54) is 0 Å². The summed E-state index contributed by atoms with van der Waals surface area (Å²) in [4.78, 5) is 25.0. The van der Waals surface area contributed by atoms with Crippen LogP contribution >= 0.6 is 0 Å². The Morgan fingerprint density at radius 2 is 1.59 bits per heavy atom. The lowest BCUT2D eigenvalue weighted by molar-refractivity contribution is 0.0956. The number of carbonyl (C=O) groups is 2. The molecule has 0 unspecified atom stereocenters. The number of anilines is 1. The van der Waals surface area contributed by atoms with E-state index in [1.807, 2.05) is 31.2 Å². The minimum absolute atomic E-state index is 0.315. The Labute approximate surface area is 169 Å². The maximum absolute atomic E-state index is 12.5. The van der Waals surface area contributed by atoms with Crippen molar-refractivity contribution in [2.75, 3.05) is 12.4 Å². The van der Waals surface area contributed by atoms with Gasteiger partial charge >= 0.3 is 0 Å². The number of carbonyl (C=O) groups excluding carboxylic acids is 2. The Bertz CT molecular complexity index is 1030. The molecule has 0 aliphatic carbocycles. The summed E-state index contributed by atoms with van der Waals surface area (Å²) in [5.41, 5.74) is 5.68. The van der Waals surface area contributed by atoms with Crippen LogP contribution in [-0.4, -0.2) is 25.1 Å². The highest BCUT2D eigenvalue weighted by molar-refractivity contribution is 6.09. The van der Waals surface area contributed by atoms with E-state index in [1.54, 1.807) is 61.9 Å². The SMILES string of the molecule is COc1ccc(C(=O)Nc2ccccc2C(=O)N/N=C\c2ccc(C)cc2)cc1. The molecule has 0 aromatic heterocycles. The molecule has 6 nitrogen and oxygen atoms in total. The number of benzene rings is 3. The van der Waals surface area contributed by atoms with Gasteiger partial charge in [-0.15, -0.1) is 0 Å². The molecule has 0 aliphatic heterocycles. The van der Waals surface area contributed by atoms with Crippen LogP contribution in [0.2, 0.25) is 0 Å². The summed E-state index contributed by atoms with van der Waals surface area (Å²) in [6.45, 7) is 2.00.